The number of nitrogens with zero attached hydrogens (tertiary/aromatic N) is 1. The maximum absolute atomic E-state index is 11.4. The highest BCUT2D eigenvalue weighted by atomic mass is 16.5. The van der Waals surface area contributed by atoms with Gasteiger partial charge in [0.2, 0.25) is 0 Å². The van der Waals surface area contributed by atoms with Gasteiger partial charge in [0.1, 0.15) is 0 Å². The van der Waals surface area contributed by atoms with Crippen molar-refractivity contribution < 1.29 is 9.53 Å². The number of nitrogens with one attached hydrogen (secondary N) is 1. The zero-order valence-electron chi connectivity index (χ0n) is 9.35. The number of benzene rings is 1. The second kappa shape index (κ2) is 4.99. The number of rotatable bonds is 1. The Balaban J connectivity index is 2.05. The Morgan fingerprint density at radius 2 is 2.19 bits per heavy atom. The van der Waals surface area contributed by atoms with Gasteiger partial charge in [0.25, 0.3) is 0 Å². The van der Waals surface area contributed by atoms with Gasteiger partial charge in [-0.2, -0.15) is 0 Å². The van der Waals surface area contributed by atoms with Crippen molar-refractivity contribution >= 4 is 6.09 Å². The molecule has 1 aromatic rings. The lowest BCUT2D eigenvalue weighted by Gasteiger charge is -2.32. The van der Waals surface area contributed by atoms with Crippen LogP contribution in [0.15, 0.2) is 30.3 Å². The molecular formula is C12H16N2O2. The van der Waals surface area contributed by atoms with Crippen LogP contribution in [-0.2, 0) is 4.74 Å². The number of methoxy groups -OCH3 is 1. The molecule has 1 atom stereocenters. The van der Waals surface area contributed by atoms with Crippen LogP contribution in [0.3, 0.4) is 0 Å². The average Bonchev–Trinajstić information content (AvgIpc) is 2.39. The molecule has 1 unspecified atom stereocenters. The molecule has 2 rings (SSSR count). The molecule has 1 aromatic carbocycles. The van der Waals surface area contributed by atoms with Crippen molar-refractivity contribution in [1.82, 2.24) is 10.2 Å². The summed E-state index contributed by atoms with van der Waals surface area (Å²) < 4.78 is 4.73. The number of ether oxygens (including phenoxy) is 1. The van der Waals surface area contributed by atoms with E-state index >= 15 is 0 Å². The number of amides is 1. The molecule has 1 heterocycles. The van der Waals surface area contributed by atoms with Gasteiger partial charge in [0, 0.05) is 19.6 Å². The van der Waals surface area contributed by atoms with Gasteiger partial charge in [-0.15, -0.1) is 0 Å². The first-order valence-electron chi connectivity index (χ1n) is 5.42. The molecule has 1 fully saturated rings. The van der Waals surface area contributed by atoms with Crippen LogP contribution >= 0.6 is 0 Å². The molecule has 0 spiro atoms. The molecule has 4 nitrogen and oxygen atoms in total. The normalized spacial score (nSPS) is 20.6. The highest BCUT2D eigenvalue weighted by molar-refractivity contribution is 5.67. The van der Waals surface area contributed by atoms with E-state index in [2.05, 4.69) is 17.4 Å². The zero-order chi connectivity index (χ0) is 11.4. The van der Waals surface area contributed by atoms with E-state index in [9.17, 15) is 4.79 Å². The largest absolute Gasteiger partial charge is 0.453 e. The third-order valence-electron chi connectivity index (χ3n) is 2.81. The first kappa shape index (κ1) is 11.0. The van der Waals surface area contributed by atoms with Crippen molar-refractivity contribution in [2.75, 3.05) is 26.7 Å². The monoisotopic (exact) mass is 220 g/mol. The van der Waals surface area contributed by atoms with Crippen molar-refractivity contribution in [3.05, 3.63) is 35.9 Å². The van der Waals surface area contributed by atoms with Gasteiger partial charge in [0.15, 0.2) is 0 Å². The van der Waals surface area contributed by atoms with Crippen LogP contribution in [0.2, 0.25) is 0 Å². The molecule has 86 valence electrons. The molecule has 0 saturated carbocycles. The minimum atomic E-state index is -0.248. The fraction of sp³-hybridized carbons (Fsp3) is 0.417. The van der Waals surface area contributed by atoms with Crippen molar-refractivity contribution in [3.8, 4) is 0 Å². The van der Waals surface area contributed by atoms with Crippen LogP contribution in [0.4, 0.5) is 4.79 Å². The van der Waals surface area contributed by atoms with E-state index in [1.165, 1.54) is 12.7 Å². The van der Waals surface area contributed by atoms with Crippen LogP contribution in [0.1, 0.15) is 11.6 Å². The lowest BCUT2D eigenvalue weighted by Crippen LogP contribution is -2.48. The van der Waals surface area contributed by atoms with E-state index in [1.807, 2.05) is 18.2 Å². The number of hydrogen-bond acceptors (Lipinski definition) is 3. The van der Waals surface area contributed by atoms with Gasteiger partial charge < -0.3 is 15.0 Å². The summed E-state index contributed by atoms with van der Waals surface area (Å²) in [5.41, 5.74) is 1.20. The maximum atomic E-state index is 11.4. The highest BCUT2D eigenvalue weighted by Gasteiger charge is 2.24. The number of hydrogen-bond donors (Lipinski definition) is 1. The van der Waals surface area contributed by atoms with Gasteiger partial charge in [-0.3, -0.25) is 0 Å². The minimum absolute atomic E-state index is 0.203. The summed E-state index contributed by atoms with van der Waals surface area (Å²) >= 11 is 0. The molecule has 0 radical (unpaired) electrons. The van der Waals surface area contributed by atoms with Gasteiger partial charge in [-0.25, -0.2) is 4.79 Å². The predicted molar refractivity (Wildman–Crippen MR) is 61.2 cm³/mol. The van der Waals surface area contributed by atoms with E-state index in [-0.39, 0.29) is 12.1 Å². The molecule has 1 amide bonds. The van der Waals surface area contributed by atoms with E-state index in [0.29, 0.717) is 13.1 Å². The first-order chi connectivity index (χ1) is 7.81. The number of carbonyl (C=O) groups excluding carboxylic acids is 1. The second-order valence-electron chi connectivity index (χ2n) is 3.83. The van der Waals surface area contributed by atoms with Crippen LogP contribution in [0.5, 0.6) is 0 Å². The maximum Gasteiger partial charge on any atom is 0.409 e. The molecule has 1 saturated heterocycles. The molecule has 0 bridgehead atoms. The van der Waals surface area contributed by atoms with E-state index in [0.717, 1.165) is 6.54 Å². The topological polar surface area (TPSA) is 41.6 Å². The molecule has 0 aromatic heterocycles. The third kappa shape index (κ3) is 2.33. The van der Waals surface area contributed by atoms with Crippen LogP contribution < -0.4 is 5.32 Å². The highest BCUT2D eigenvalue weighted by Crippen LogP contribution is 2.17. The molecule has 1 aliphatic heterocycles. The summed E-state index contributed by atoms with van der Waals surface area (Å²) in [6.45, 7) is 2.17. The summed E-state index contributed by atoms with van der Waals surface area (Å²) in [6.07, 6.45) is -0.248. The first-order valence-corrected chi connectivity index (χ1v) is 5.42. The Kier molecular flexibility index (Phi) is 3.41. The van der Waals surface area contributed by atoms with Gasteiger partial charge in [-0.1, -0.05) is 30.3 Å². The van der Waals surface area contributed by atoms with Gasteiger partial charge in [0.05, 0.1) is 13.2 Å². The van der Waals surface area contributed by atoms with E-state index in [1.54, 1.807) is 4.90 Å². The predicted octanol–water partition coefficient (Wildman–Crippen LogP) is 1.40. The lowest BCUT2D eigenvalue weighted by atomic mass is 10.1. The SMILES string of the molecule is COC(=O)N1CCNC(c2ccccc2)C1. The van der Waals surface area contributed by atoms with Crippen molar-refractivity contribution in [2.45, 2.75) is 6.04 Å². The Morgan fingerprint density at radius 1 is 1.44 bits per heavy atom. The third-order valence-corrected chi connectivity index (χ3v) is 2.81. The molecule has 1 N–H and O–H groups in total. The van der Waals surface area contributed by atoms with Gasteiger partial charge >= 0.3 is 6.09 Å². The van der Waals surface area contributed by atoms with Gasteiger partial charge in [-0.05, 0) is 5.56 Å². The number of carbonyl (C=O) groups is 1. The lowest BCUT2D eigenvalue weighted by molar-refractivity contribution is 0.109. The zero-order valence-corrected chi connectivity index (χ0v) is 9.35. The minimum Gasteiger partial charge on any atom is -0.453 e. The van der Waals surface area contributed by atoms with Crippen LogP contribution in [0.25, 0.3) is 0 Å². The van der Waals surface area contributed by atoms with Crippen LogP contribution in [0, 0.1) is 0 Å². The van der Waals surface area contributed by atoms with Crippen molar-refractivity contribution in [3.63, 3.8) is 0 Å². The summed E-state index contributed by atoms with van der Waals surface area (Å²) in [4.78, 5) is 13.1. The van der Waals surface area contributed by atoms with Crippen molar-refractivity contribution in [1.29, 1.82) is 0 Å². The fourth-order valence-corrected chi connectivity index (χ4v) is 1.95. The number of piperazine rings is 1. The summed E-state index contributed by atoms with van der Waals surface area (Å²) in [5, 5.41) is 3.39. The Labute approximate surface area is 95.2 Å². The van der Waals surface area contributed by atoms with E-state index in [4.69, 9.17) is 4.74 Å². The molecule has 4 heteroatoms. The second-order valence-corrected chi connectivity index (χ2v) is 3.83. The summed E-state index contributed by atoms with van der Waals surface area (Å²) in [6, 6.07) is 10.3. The average molecular weight is 220 g/mol. The van der Waals surface area contributed by atoms with Crippen LogP contribution in [-0.4, -0.2) is 37.7 Å². The Morgan fingerprint density at radius 3 is 2.88 bits per heavy atom. The molecular weight excluding hydrogens is 204 g/mol. The van der Waals surface area contributed by atoms with Crippen molar-refractivity contribution in [2.24, 2.45) is 0 Å². The standard InChI is InChI=1S/C12H16N2O2/c1-16-12(15)14-8-7-13-11(9-14)10-5-3-2-4-6-10/h2-6,11,13H,7-9H2,1H3. The smallest absolute Gasteiger partial charge is 0.409 e. The molecule has 0 aliphatic carbocycles. The molecule has 1 aliphatic rings. The Bertz CT molecular complexity index is 353. The quantitative estimate of drug-likeness (QED) is 0.777. The van der Waals surface area contributed by atoms with E-state index < -0.39 is 0 Å². The summed E-state index contributed by atoms with van der Waals surface area (Å²) in [7, 11) is 1.42. The Hall–Kier alpha value is -1.55. The fourth-order valence-electron chi connectivity index (χ4n) is 1.95. The molecule has 16 heavy (non-hydrogen) atoms. The summed E-state index contributed by atoms with van der Waals surface area (Å²) in [5.74, 6) is 0.